The summed E-state index contributed by atoms with van der Waals surface area (Å²) in [6.45, 7) is 9.53. The Kier molecular flexibility index (Phi) is 7.82. The van der Waals surface area contributed by atoms with Gasteiger partial charge in [0.15, 0.2) is 0 Å². The predicted molar refractivity (Wildman–Crippen MR) is 117 cm³/mol. The minimum absolute atomic E-state index is 0.349. The number of aryl methyl sites for hydroxylation is 1. The van der Waals surface area contributed by atoms with Gasteiger partial charge >= 0.3 is 5.63 Å². The van der Waals surface area contributed by atoms with Crippen LogP contribution in [0.3, 0.4) is 0 Å². The van der Waals surface area contributed by atoms with E-state index in [1.807, 2.05) is 43.4 Å². The Morgan fingerprint density at radius 3 is 2.50 bits per heavy atom. The van der Waals surface area contributed by atoms with Gasteiger partial charge in [-0.3, -0.25) is 0 Å². The molecule has 0 spiro atoms. The van der Waals surface area contributed by atoms with Crippen molar-refractivity contribution in [2.24, 2.45) is 0 Å². The van der Waals surface area contributed by atoms with Gasteiger partial charge in [-0.2, -0.15) is 0 Å². The van der Waals surface area contributed by atoms with Gasteiger partial charge in [-0.1, -0.05) is 66.3 Å². The van der Waals surface area contributed by atoms with Gasteiger partial charge in [0.05, 0.1) is 12.7 Å². The molecule has 1 heterocycles. The summed E-state index contributed by atoms with van der Waals surface area (Å²) in [7, 11) is 1.57. The van der Waals surface area contributed by atoms with Crippen LogP contribution in [0.2, 0.25) is 0 Å². The molecule has 0 amide bonds. The van der Waals surface area contributed by atoms with Crippen LogP contribution >= 0.6 is 0 Å². The standard InChI is InChI=1S/C25H28O3/c1-6-12-22-17-18(2)15-16-21(22)13-10-8-7-9-11-14-23-19(3)24(27-5)20(4)25(26)28-23/h6-11,13,15-17H,1,12,14H2,2-5H3/b8-7-,11-9+,13-10-. The zero-order chi connectivity index (χ0) is 20.5. The van der Waals surface area contributed by atoms with E-state index >= 15 is 0 Å². The van der Waals surface area contributed by atoms with Crippen LogP contribution in [0, 0.1) is 20.8 Å². The molecule has 3 heteroatoms. The van der Waals surface area contributed by atoms with Crippen LogP contribution in [-0.2, 0) is 12.8 Å². The lowest BCUT2D eigenvalue weighted by Gasteiger charge is -2.09. The van der Waals surface area contributed by atoms with Crippen molar-refractivity contribution in [1.82, 2.24) is 0 Å². The van der Waals surface area contributed by atoms with Gasteiger partial charge in [-0.15, -0.1) is 6.58 Å². The molecule has 3 nitrogen and oxygen atoms in total. The first-order valence-electron chi connectivity index (χ1n) is 9.35. The van der Waals surface area contributed by atoms with Crippen LogP contribution in [0.15, 0.2) is 70.4 Å². The summed E-state index contributed by atoms with van der Waals surface area (Å²) in [5.74, 6) is 1.23. The summed E-state index contributed by atoms with van der Waals surface area (Å²) in [6, 6.07) is 6.43. The first-order valence-corrected chi connectivity index (χ1v) is 9.35. The van der Waals surface area contributed by atoms with Crippen molar-refractivity contribution in [2.75, 3.05) is 7.11 Å². The number of ether oxygens (including phenoxy) is 1. The Balaban J connectivity index is 2.02. The van der Waals surface area contributed by atoms with E-state index < -0.39 is 0 Å². The molecule has 1 aromatic heterocycles. The molecular formula is C25H28O3. The zero-order valence-corrected chi connectivity index (χ0v) is 17.1. The zero-order valence-electron chi connectivity index (χ0n) is 17.1. The Labute approximate surface area is 167 Å². The van der Waals surface area contributed by atoms with Gasteiger partial charge in [0.1, 0.15) is 11.5 Å². The smallest absolute Gasteiger partial charge is 0.342 e. The molecule has 1 aromatic carbocycles. The second-order valence-electron chi connectivity index (χ2n) is 6.67. The van der Waals surface area contributed by atoms with E-state index in [1.165, 1.54) is 16.7 Å². The molecule has 0 aliphatic carbocycles. The molecule has 28 heavy (non-hydrogen) atoms. The van der Waals surface area contributed by atoms with E-state index in [4.69, 9.17) is 9.15 Å². The van der Waals surface area contributed by atoms with Crippen molar-refractivity contribution in [2.45, 2.75) is 33.6 Å². The van der Waals surface area contributed by atoms with Crippen LogP contribution in [0.25, 0.3) is 6.08 Å². The number of benzene rings is 1. The molecule has 0 atom stereocenters. The molecule has 0 aliphatic rings. The Morgan fingerprint density at radius 2 is 1.79 bits per heavy atom. The predicted octanol–water partition coefficient (Wildman–Crippen LogP) is 5.67. The third-order valence-corrected chi connectivity index (χ3v) is 4.54. The molecule has 0 unspecified atom stereocenters. The summed E-state index contributed by atoms with van der Waals surface area (Å²) < 4.78 is 10.7. The highest BCUT2D eigenvalue weighted by molar-refractivity contribution is 5.56. The maximum atomic E-state index is 11.9. The number of methoxy groups -OCH3 is 1. The van der Waals surface area contributed by atoms with E-state index in [9.17, 15) is 4.79 Å². The third kappa shape index (κ3) is 5.46. The van der Waals surface area contributed by atoms with Gasteiger partial charge < -0.3 is 9.15 Å². The number of hydrogen-bond donors (Lipinski definition) is 0. The van der Waals surface area contributed by atoms with Crippen molar-refractivity contribution in [3.8, 4) is 5.75 Å². The van der Waals surface area contributed by atoms with Crippen LogP contribution in [-0.4, -0.2) is 7.11 Å². The molecular weight excluding hydrogens is 348 g/mol. The lowest BCUT2D eigenvalue weighted by Crippen LogP contribution is -2.09. The second-order valence-corrected chi connectivity index (χ2v) is 6.67. The molecule has 0 bridgehead atoms. The minimum atomic E-state index is -0.349. The van der Waals surface area contributed by atoms with E-state index in [-0.39, 0.29) is 5.63 Å². The van der Waals surface area contributed by atoms with Crippen molar-refractivity contribution in [1.29, 1.82) is 0 Å². The fourth-order valence-corrected chi connectivity index (χ4v) is 3.04. The first kappa shape index (κ1) is 21.2. The van der Waals surface area contributed by atoms with Crippen molar-refractivity contribution >= 4 is 6.08 Å². The Morgan fingerprint density at radius 1 is 1.04 bits per heavy atom. The van der Waals surface area contributed by atoms with Crippen LogP contribution in [0.1, 0.15) is 33.6 Å². The molecule has 0 N–H and O–H groups in total. The molecule has 0 radical (unpaired) electrons. The van der Waals surface area contributed by atoms with E-state index in [1.54, 1.807) is 14.0 Å². The monoisotopic (exact) mass is 376 g/mol. The van der Waals surface area contributed by atoms with Crippen LogP contribution in [0.5, 0.6) is 5.75 Å². The highest BCUT2D eigenvalue weighted by Crippen LogP contribution is 2.23. The minimum Gasteiger partial charge on any atom is -0.496 e. The SMILES string of the molecule is C=CCc1cc(C)ccc1\C=C/C=C\C=C\Cc1oc(=O)c(C)c(OC)c1C. The fourth-order valence-electron chi connectivity index (χ4n) is 3.04. The summed E-state index contributed by atoms with van der Waals surface area (Å²) in [4.78, 5) is 11.9. The van der Waals surface area contributed by atoms with Crippen molar-refractivity contribution in [3.05, 3.63) is 105 Å². The molecule has 0 saturated carbocycles. The average molecular weight is 376 g/mol. The number of allylic oxidation sites excluding steroid dienone is 6. The van der Waals surface area contributed by atoms with Gasteiger partial charge in [-0.25, -0.2) is 4.79 Å². The van der Waals surface area contributed by atoms with E-state index in [2.05, 4.69) is 37.8 Å². The van der Waals surface area contributed by atoms with Crippen LogP contribution in [0.4, 0.5) is 0 Å². The number of rotatable bonds is 8. The normalized spacial score (nSPS) is 11.7. The highest BCUT2D eigenvalue weighted by atomic mass is 16.5. The Hall–Kier alpha value is -3.07. The largest absolute Gasteiger partial charge is 0.496 e. The molecule has 0 fully saturated rings. The van der Waals surface area contributed by atoms with Gasteiger partial charge in [0, 0.05) is 12.0 Å². The lowest BCUT2D eigenvalue weighted by atomic mass is 10.0. The molecule has 146 valence electrons. The topological polar surface area (TPSA) is 39.4 Å². The summed E-state index contributed by atoms with van der Waals surface area (Å²) in [5.41, 5.74) is 4.74. The van der Waals surface area contributed by atoms with Crippen LogP contribution < -0.4 is 10.4 Å². The summed E-state index contributed by atoms with van der Waals surface area (Å²) in [5, 5.41) is 0. The van der Waals surface area contributed by atoms with Crippen molar-refractivity contribution < 1.29 is 9.15 Å². The number of hydrogen-bond acceptors (Lipinski definition) is 3. The highest BCUT2D eigenvalue weighted by Gasteiger charge is 2.13. The maximum Gasteiger partial charge on any atom is 0.342 e. The molecule has 0 saturated heterocycles. The quantitative estimate of drug-likeness (QED) is 0.440. The third-order valence-electron chi connectivity index (χ3n) is 4.54. The fraction of sp³-hybridized carbons (Fsp3) is 0.240. The lowest BCUT2D eigenvalue weighted by molar-refractivity contribution is 0.383. The van der Waals surface area contributed by atoms with Gasteiger partial charge in [0.2, 0.25) is 0 Å². The van der Waals surface area contributed by atoms with E-state index in [0.29, 0.717) is 23.5 Å². The molecule has 0 aliphatic heterocycles. The Bertz CT molecular complexity index is 972. The summed E-state index contributed by atoms with van der Waals surface area (Å²) in [6.07, 6.45) is 15.3. The molecule has 2 aromatic rings. The summed E-state index contributed by atoms with van der Waals surface area (Å²) >= 11 is 0. The van der Waals surface area contributed by atoms with Gasteiger partial charge in [0.25, 0.3) is 0 Å². The first-order chi connectivity index (χ1) is 13.5. The maximum absolute atomic E-state index is 11.9. The van der Waals surface area contributed by atoms with Gasteiger partial charge in [-0.05, 0) is 38.3 Å². The average Bonchev–Trinajstić information content (AvgIpc) is 2.67. The van der Waals surface area contributed by atoms with Crippen molar-refractivity contribution in [3.63, 3.8) is 0 Å². The second kappa shape index (κ2) is 10.3. The van der Waals surface area contributed by atoms with E-state index in [0.717, 1.165) is 12.0 Å². The molecule has 2 rings (SSSR count).